The molecule has 36 heavy (non-hydrogen) atoms. The van der Waals surface area contributed by atoms with Crippen LogP contribution in [0.25, 0.3) is 33.3 Å². The number of Topliss-reactive ketones (excluding diaryl/α,β-unsaturated/α-hetero) is 1. The van der Waals surface area contributed by atoms with Gasteiger partial charge in [0.2, 0.25) is 0 Å². The van der Waals surface area contributed by atoms with Crippen molar-refractivity contribution in [3.05, 3.63) is 66.6 Å². The van der Waals surface area contributed by atoms with E-state index >= 15 is 0 Å². The van der Waals surface area contributed by atoms with E-state index in [4.69, 9.17) is 10.7 Å². The molecule has 5 rings (SSSR count). The quantitative estimate of drug-likeness (QED) is 0.235. The summed E-state index contributed by atoms with van der Waals surface area (Å²) in [6.07, 6.45) is 5.09. The van der Waals surface area contributed by atoms with Crippen LogP contribution in [0.3, 0.4) is 0 Å². The number of H-pyrrole nitrogens is 1. The number of aromatic nitrogens is 4. The lowest BCUT2D eigenvalue weighted by atomic mass is 9.87. The number of rotatable bonds is 5. The van der Waals surface area contributed by atoms with Gasteiger partial charge in [0, 0.05) is 41.5 Å². The molecule has 4 N–H and O–H groups in total. The van der Waals surface area contributed by atoms with Crippen LogP contribution in [0, 0.1) is 5.41 Å². The van der Waals surface area contributed by atoms with Gasteiger partial charge in [0.25, 0.3) is 10.0 Å². The number of carbonyl (C=O) groups excluding carboxylic acids is 1. The first-order valence-corrected chi connectivity index (χ1v) is 12.8. The number of nitrogens with zero attached hydrogens (tertiary/aromatic N) is 3. The van der Waals surface area contributed by atoms with Gasteiger partial charge in [-0.3, -0.25) is 9.52 Å². The lowest BCUT2D eigenvalue weighted by molar-refractivity contribution is 0.0860. The summed E-state index contributed by atoms with van der Waals surface area (Å²) in [5.74, 6) is -0.0463. The molecule has 0 unspecified atom stereocenters. The van der Waals surface area contributed by atoms with E-state index in [1.54, 1.807) is 30.6 Å². The third-order valence-electron chi connectivity index (χ3n) is 6.04. The van der Waals surface area contributed by atoms with Crippen LogP contribution in [-0.2, 0) is 17.1 Å². The Hall–Kier alpha value is -4.18. The maximum Gasteiger partial charge on any atom is 0.261 e. The van der Waals surface area contributed by atoms with E-state index < -0.39 is 15.4 Å². The van der Waals surface area contributed by atoms with Gasteiger partial charge in [-0.2, -0.15) is 0 Å². The number of nitrogens with two attached hydrogens (primary N) is 1. The maximum atomic E-state index is 13.1. The lowest BCUT2D eigenvalue weighted by Crippen LogP contribution is -2.20. The van der Waals surface area contributed by atoms with Crippen LogP contribution in [0.1, 0.15) is 31.1 Å². The van der Waals surface area contributed by atoms with Crippen molar-refractivity contribution in [3.8, 4) is 11.3 Å². The molecule has 184 valence electrons. The number of carbonyl (C=O) groups is 1. The molecule has 0 aliphatic heterocycles. The second-order valence-corrected chi connectivity index (χ2v) is 11.5. The predicted octanol–water partition coefficient (Wildman–Crippen LogP) is 4.73. The van der Waals surface area contributed by atoms with E-state index in [0.29, 0.717) is 39.4 Å². The molecule has 0 fully saturated rings. The Morgan fingerprint density at radius 2 is 1.83 bits per heavy atom. The van der Waals surface area contributed by atoms with Gasteiger partial charge in [0.1, 0.15) is 5.52 Å². The molecule has 3 heterocycles. The number of hydrogen-bond donors (Lipinski definition) is 3. The first kappa shape index (κ1) is 23.6. The van der Waals surface area contributed by atoms with Crippen LogP contribution in [0.15, 0.2) is 66.0 Å². The van der Waals surface area contributed by atoms with Gasteiger partial charge < -0.3 is 15.3 Å². The van der Waals surface area contributed by atoms with Gasteiger partial charge in [-0.05, 0) is 42.5 Å². The molecule has 0 atom stereocenters. The van der Waals surface area contributed by atoms with Gasteiger partial charge in [0.05, 0.1) is 33.6 Å². The zero-order chi connectivity index (χ0) is 25.8. The molecular formula is C26H26N6O3S. The largest absolute Gasteiger partial charge is 0.399 e. The van der Waals surface area contributed by atoms with Crippen molar-refractivity contribution in [2.24, 2.45) is 12.5 Å². The highest BCUT2D eigenvalue weighted by Crippen LogP contribution is 2.33. The number of anilines is 2. The summed E-state index contributed by atoms with van der Waals surface area (Å²) < 4.78 is 30.9. The number of nitrogen functional groups attached to an aromatic ring is 1. The molecule has 0 bridgehead atoms. The zero-order valence-corrected chi connectivity index (χ0v) is 21.1. The van der Waals surface area contributed by atoms with Crippen LogP contribution in [0.2, 0.25) is 0 Å². The molecule has 10 heteroatoms. The minimum absolute atomic E-state index is 0.0463. The Bertz CT molecular complexity index is 1740. The fourth-order valence-electron chi connectivity index (χ4n) is 4.06. The molecule has 0 amide bonds. The summed E-state index contributed by atoms with van der Waals surface area (Å²) in [7, 11) is -1.99. The molecular weight excluding hydrogens is 476 g/mol. The lowest BCUT2D eigenvalue weighted by Gasteiger charge is -2.15. The van der Waals surface area contributed by atoms with Gasteiger partial charge >= 0.3 is 0 Å². The predicted molar refractivity (Wildman–Crippen MR) is 141 cm³/mol. The Morgan fingerprint density at radius 1 is 1.11 bits per heavy atom. The summed E-state index contributed by atoms with van der Waals surface area (Å²) in [6.45, 7) is 5.57. The number of benzene rings is 2. The second-order valence-electron chi connectivity index (χ2n) is 9.79. The number of hydrogen-bond acceptors (Lipinski definition) is 6. The third-order valence-corrected chi connectivity index (χ3v) is 7.42. The number of sulfonamides is 1. The molecule has 0 saturated carbocycles. The normalized spacial score (nSPS) is 12.3. The molecule has 0 radical (unpaired) electrons. The number of fused-ring (bicyclic) bond motifs is 2. The van der Waals surface area contributed by atoms with Crippen LogP contribution in [0.4, 0.5) is 11.4 Å². The first-order valence-electron chi connectivity index (χ1n) is 11.3. The van der Waals surface area contributed by atoms with E-state index in [-0.39, 0.29) is 10.7 Å². The summed E-state index contributed by atoms with van der Waals surface area (Å²) in [6, 6.07) is 11.5. The van der Waals surface area contributed by atoms with Crippen molar-refractivity contribution < 1.29 is 13.2 Å². The molecule has 0 aliphatic rings. The van der Waals surface area contributed by atoms with Gasteiger partial charge in [0.15, 0.2) is 11.4 Å². The summed E-state index contributed by atoms with van der Waals surface area (Å²) in [5.41, 5.74) is 9.45. The van der Waals surface area contributed by atoms with Crippen molar-refractivity contribution >= 4 is 49.2 Å². The van der Waals surface area contributed by atoms with E-state index in [1.807, 2.05) is 50.7 Å². The minimum Gasteiger partial charge on any atom is -0.399 e. The zero-order valence-electron chi connectivity index (χ0n) is 20.3. The van der Waals surface area contributed by atoms with Crippen LogP contribution < -0.4 is 10.5 Å². The average Bonchev–Trinajstić information content (AvgIpc) is 3.41. The molecule has 0 saturated heterocycles. The Morgan fingerprint density at radius 3 is 2.53 bits per heavy atom. The van der Waals surface area contributed by atoms with Crippen molar-refractivity contribution in [1.29, 1.82) is 0 Å². The van der Waals surface area contributed by atoms with Crippen molar-refractivity contribution in [2.45, 2.75) is 25.7 Å². The molecule has 9 nitrogen and oxygen atoms in total. The minimum atomic E-state index is -3.87. The monoisotopic (exact) mass is 502 g/mol. The first-order chi connectivity index (χ1) is 16.9. The standard InChI is InChI=1S/C26H26N6O3S/c1-26(2,3)24(33)19-13-28-25-23(19)30-21(14-29-25)15-11-20(18-9-10-32(4)22(18)12-15)31-36(34,35)17-7-5-16(27)6-8-17/h5-14,31H,27H2,1-4H3,(H,28,29). The SMILES string of the molecule is Cn1ccc2c(NS(=O)(=O)c3ccc(N)cc3)cc(-c3cnc4[nH]cc(C(=O)C(C)(C)C)c4n3)cc21. The van der Waals surface area contributed by atoms with E-state index in [1.165, 1.54) is 12.1 Å². The second kappa shape index (κ2) is 8.20. The molecule has 5 aromatic rings. The van der Waals surface area contributed by atoms with E-state index in [0.717, 1.165) is 10.9 Å². The van der Waals surface area contributed by atoms with Crippen molar-refractivity contribution in [1.82, 2.24) is 19.5 Å². The Kier molecular flexibility index (Phi) is 5.36. The van der Waals surface area contributed by atoms with Crippen LogP contribution >= 0.6 is 0 Å². The topological polar surface area (TPSA) is 136 Å². The van der Waals surface area contributed by atoms with Gasteiger partial charge in [-0.1, -0.05) is 20.8 Å². The van der Waals surface area contributed by atoms with E-state index in [2.05, 4.69) is 14.7 Å². The highest BCUT2D eigenvalue weighted by molar-refractivity contribution is 7.92. The van der Waals surface area contributed by atoms with Crippen LogP contribution in [0.5, 0.6) is 0 Å². The fraction of sp³-hybridized carbons (Fsp3) is 0.192. The maximum absolute atomic E-state index is 13.1. The van der Waals surface area contributed by atoms with Crippen molar-refractivity contribution in [3.63, 3.8) is 0 Å². The Balaban J connectivity index is 1.64. The van der Waals surface area contributed by atoms with Gasteiger partial charge in [-0.25, -0.2) is 18.4 Å². The highest BCUT2D eigenvalue weighted by Gasteiger charge is 2.26. The smallest absolute Gasteiger partial charge is 0.261 e. The third kappa shape index (κ3) is 4.09. The van der Waals surface area contributed by atoms with E-state index in [9.17, 15) is 13.2 Å². The summed E-state index contributed by atoms with van der Waals surface area (Å²) in [5, 5.41) is 0.736. The number of ketones is 1. The number of nitrogens with one attached hydrogen (secondary N) is 2. The highest BCUT2D eigenvalue weighted by atomic mass is 32.2. The molecule has 2 aromatic carbocycles. The average molecular weight is 503 g/mol. The molecule has 0 aliphatic carbocycles. The number of aromatic amines is 1. The molecule has 3 aromatic heterocycles. The van der Waals surface area contributed by atoms with Gasteiger partial charge in [-0.15, -0.1) is 0 Å². The number of aryl methyl sites for hydroxylation is 1. The summed E-state index contributed by atoms with van der Waals surface area (Å²) >= 11 is 0. The van der Waals surface area contributed by atoms with Crippen molar-refractivity contribution in [2.75, 3.05) is 10.5 Å². The summed E-state index contributed by atoms with van der Waals surface area (Å²) in [4.78, 5) is 25.3. The van der Waals surface area contributed by atoms with Crippen LogP contribution in [-0.4, -0.2) is 33.7 Å². The molecule has 0 spiro atoms. The fourth-order valence-corrected chi connectivity index (χ4v) is 5.13. The Labute approximate surface area is 208 Å².